The molecule has 0 saturated heterocycles. The van der Waals surface area contributed by atoms with E-state index in [2.05, 4.69) is 22.9 Å². The van der Waals surface area contributed by atoms with E-state index in [0.29, 0.717) is 12.0 Å². The molecule has 4 aliphatic rings. The third-order valence-corrected chi connectivity index (χ3v) is 6.05. The van der Waals surface area contributed by atoms with Crippen molar-refractivity contribution in [2.45, 2.75) is 57.4 Å². The van der Waals surface area contributed by atoms with Gasteiger partial charge in [-0.3, -0.25) is 4.68 Å². The molecule has 4 aliphatic carbocycles. The first-order valence-electron chi connectivity index (χ1n) is 7.93. The minimum absolute atomic E-state index is 0.478. The first kappa shape index (κ1) is 12.0. The number of aromatic nitrogens is 2. The molecule has 0 aromatic carbocycles. The summed E-state index contributed by atoms with van der Waals surface area (Å²) in [7, 11) is 0. The van der Waals surface area contributed by atoms with Gasteiger partial charge >= 0.3 is 0 Å². The molecule has 0 spiro atoms. The van der Waals surface area contributed by atoms with Gasteiger partial charge in [-0.25, -0.2) is 0 Å². The number of rotatable bonds is 3. The van der Waals surface area contributed by atoms with Crippen molar-refractivity contribution >= 4 is 0 Å². The van der Waals surface area contributed by atoms with Gasteiger partial charge in [0.05, 0.1) is 12.7 Å². The molecule has 19 heavy (non-hydrogen) atoms. The van der Waals surface area contributed by atoms with Crippen molar-refractivity contribution in [1.29, 1.82) is 0 Å². The van der Waals surface area contributed by atoms with Crippen LogP contribution in [-0.4, -0.2) is 16.3 Å². The fraction of sp³-hybridized carbons (Fsp3) is 0.812. The summed E-state index contributed by atoms with van der Waals surface area (Å²) in [6, 6.07) is 0. The Hall–Kier alpha value is -0.830. The van der Waals surface area contributed by atoms with Crippen LogP contribution in [0.5, 0.6) is 0 Å². The minimum Gasteiger partial charge on any atom is -0.329 e. The van der Waals surface area contributed by atoms with E-state index in [0.717, 1.165) is 24.3 Å². The van der Waals surface area contributed by atoms with Gasteiger partial charge in [-0.1, -0.05) is 0 Å². The van der Waals surface area contributed by atoms with Gasteiger partial charge in [-0.2, -0.15) is 5.10 Å². The number of hydrogen-bond acceptors (Lipinski definition) is 2. The van der Waals surface area contributed by atoms with Gasteiger partial charge in [0.25, 0.3) is 0 Å². The standard InChI is InChI=1S/C16H25N3/c1-11-15(10-18-19(11)3-2-17)16-7-12-4-13(8-16)6-14(5-12)9-16/h10,12-14H,2-9,17H2,1H3. The summed E-state index contributed by atoms with van der Waals surface area (Å²) in [4.78, 5) is 0. The molecule has 5 rings (SSSR count). The highest BCUT2D eigenvalue weighted by atomic mass is 15.3. The van der Waals surface area contributed by atoms with E-state index in [-0.39, 0.29) is 0 Å². The number of hydrogen-bond donors (Lipinski definition) is 1. The Morgan fingerprint density at radius 1 is 1.21 bits per heavy atom. The van der Waals surface area contributed by atoms with E-state index in [1.165, 1.54) is 44.2 Å². The molecule has 0 amide bonds. The predicted molar refractivity (Wildman–Crippen MR) is 75.9 cm³/mol. The third kappa shape index (κ3) is 1.70. The molecule has 1 heterocycles. The minimum atomic E-state index is 0.478. The van der Waals surface area contributed by atoms with Crippen molar-refractivity contribution < 1.29 is 0 Å². The van der Waals surface area contributed by atoms with E-state index < -0.39 is 0 Å². The van der Waals surface area contributed by atoms with Crippen molar-refractivity contribution in [3.63, 3.8) is 0 Å². The maximum atomic E-state index is 5.68. The molecule has 0 radical (unpaired) electrons. The van der Waals surface area contributed by atoms with Crippen LogP contribution in [0.1, 0.15) is 49.8 Å². The van der Waals surface area contributed by atoms with E-state index in [9.17, 15) is 0 Å². The zero-order chi connectivity index (χ0) is 13.0. The summed E-state index contributed by atoms with van der Waals surface area (Å²) >= 11 is 0. The first-order valence-corrected chi connectivity index (χ1v) is 7.93. The molecule has 4 bridgehead atoms. The first-order chi connectivity index (χ1) is 9.20. The van der Waals surface area contributed by atoms with Crippen LogP contribution in [0.2, 0.25) is 0 Å². The highest BCUT2D eigenvalue weighted by molar-refractivity contribution is 5.31. The molecule has 4 fully saturated rings. The maximum Gasteiger partial charge on any atom is 0.0534 e. The molecule has 0 aliphatic heterocycles. The quantitative estimate of drug-likeness (QED) is 0.907. The average molecular weight is 259 g/mol. The third-order valence-electron chi connectivity index (χ3n) is 6.05. The monoisotopic (exact) mass is 259 g/mol. The average Bonchev–Trinajstić information content (AvgIpc) is 2.70. The Kier molecular flexibility index (Phi) is 2.57. The van der Waals surface area contributed by atoms with Crippen LogP contribution in [-0.2, 0) is 12.0 Å². The summed E-state index contributed by atoms with van der Waals surface area (Å²) < 4.78 is 2.12. The van der Waals surface area contributed by atoms with Crippen LogP contribution in [0.4, 0.5) is 0 Å². The Labute approximate surface area is 115 Å². The molecular formula is C16H25N3. The Balaban J connectivity index is 1.71. The molecule has 3 nitrogen and oxygen atoms in total. The zero-order valence-electron chi connectivity index (χ0n) is 11.9. The van der Waals surface area contributed by atoms with Gasteiger partial charge in [0.1, 0.15) is 0 Å². The molecular weight excluding hydrogens is 234 g/mol. The van der Waals surface area contributed by atoms with Crippen LogP contribution in [0.3, 0.4) is 0 Å². The fourth-order valence-corrected chi connectivity index (χ4v) is 5.76. The predicted octanol–water partition coefficient (Wildman–Crippen LogP) is 2.62. The summed E-state index contributed by atoms with van der Waals surface area (Å²) in [6.07, 6.45) is 11.0. The second-order valence-electron chi connectivity index (χ2n) is 7.35. The highest BCUT2D eigenvalue weighted by Crippen LogP contribution is 2.61. The Morgan fingerprint density at radius 2 is 1.79 bits per heavy atom. The lowest BCUT2D eigenvalue weighted by Gasteiger charge is -2.57. The molecule has 4 saturated carbocycles. The molecule has 3 heteroatoms. The van der Waals surface area contributed by atoms with Crippen LogP contribution >= 0.6 is 0 Å². The van der Waals surface area contributed by atoms with E-state index >= 15 is 0 Å². The molecule has 104 valence electrons. The fourth-order valence-electron chi connectivity index (χ4n) is 5.76. The molecule has 0 unspecified atom stereocenters. The van der Waals surface area contributed by atoms with Gasteiger partial charge in [0.15, 0.2) is 0 Å². The van der Waals surface area contributed by atoms with Crippen LogP contribution in [0.15, 0.2) is 6.20 Å². The maximum absolute atomic E-state index is 5.68. The van der Waals surface area contributed by atoms with Crippen molar-refractivity contribution in [2.75, 3.05) is 6.54 Å². The SMILES string of the molecule is Cc1c(C23CC4CC(CC(C4)C2)C3)cnn1CCN. The van der Waals surface area contributed by atoms with Gasteiger partial charge in [0.2, 0.25) is 0 Å². The van der Waals surface area contributed by atoms with Crippen LogP contribution < -0.4 is 5.73 Å². The lowest BCUT2D eigenvalue weighted by molar-refractivity contribution is -0.00552. The molecule has 1 aromatic rings. The topological polar surface area (TPSA) is 43.8 Å². The van der Waals surface area contributed by atoms with Crippen LogP contribution in [0, 0.1) is 24.7 Å². The highest BCUT2D eigenvalue weighted by Gasteiger charge is 2.52. The Morgan fingerprint density at radius 3 is 2.32 bits per heavy atom. The summed E-state index contributed by atoms with van der Waals surface area (Å²) in [6.45, 7) is 3.79. The zero-order valence-corrected chi connectivity index (χ0v) is 11.9. The molecule has 0 atom stereocenters. The summed E-state index contributed by atoms with van der Waals surface area (Å²) in [5, 5.41) is 4.60. The lowest BCUT2D eigenvalue weighted by Crippen LogP contribution is -2.48. The largest absolute Gasteiger partial charge is 0.329 e. The van der Waals surface area contributed by atoms with E-state index in [1.54, 1.807) is 5.56 Å². The Bertz CT molecular complexity index is 453. The number of nitrogens with two attached hydrogens (primary N) is 1. The van der Waals surface area contributed by atoms with E-state index in [4.69, 9.17) is 5.73 Å². The lowest BCUT2D eigenvalue weighted by atomic mass is 9.48. The van der Waals surface area contributed by atoms with Gasteiger partial charge in [-0.05, 0) is 74.2 Å². The van der Waals surface area contributed by atoms with Crippen molar-refractivity contribution in [3.8, 4) is 0 Å². The van der Waals surface area contributed by atoms with Gasteiger partial charge in [0, 0.05) is 12.2 Å². The second kappa shape index (κ2) is 4.08. The molecule has 1 aromatic heterocycles. The smallest absolute Gasteiger partial charge is 0.0534 e. The van der Waals surface area contributed by atoms with Crippen molar-refractivity contribution in [3.05, 3.63) is 17.5 Å². The molecule has 2 N–H and O–H groups in total. The van der Waals surface area contributed by atoms with Gasteiger partial charge in [-0.15, -0.1) is 0 Å². The van der Waals surface area contributed by atoms with Gasteiger partial charge < -0.3 is 5.73 Å². The summed E-state index contributed by atoms with van der Waals surface area (Å²) in [5.41, 5.74) is 9.10. The van der Waals surface area contributed by atoms with E-state index in [1.807, 2.05) is 0 Å². The summed E-state index contributed by atoms with van der Waals surface area (Å²) in [5.74, 6) is 3.01. The van der Waals surface area contributed by atoms with Crippen molar-refractivity contribution in [2.24, 2.45) is 23.5 Å². The number of nitrogens with zero attached hydrogens (tertiary/aromatic N) is 2. The second-order valence-corrected chi connectivity index (χ2v) is 7.35. The van der Waals surface area contributed by atoms with Crippen LogP contribution in [0.25, 0.3) is 0 Å². The normalized spacial score (nSPS) is 40.0. The van der Waals surface area contributed by atoms with Crippen molar-refractivity contribution in [1.82, 2.24) is 9.78 Å².